The Labute approximate surface area is 202 Å². The fourth-order valence-corrected chi connectivity index (χ4v) is 0. The minimum absolute atomic E-state index is 0. The second kappa shape index (κ2) is 36.5. The van der Waals surface area contributed by atoms with Crippen LogP contribution in [-0.4, -0.2) is 86.4 Å². The first-order valence-corrected chi connectivity index (χ1v) is 2.84. The van der Waals surface area contributed by atoms with E-state index < -0.39 is 14.0 Å². The standard InChI is InChI=1S/CH2O3.5Na.H3O4P.2H2O.2H/c2-1(3)4;;;;;;1-5(2,3)4;;;;/h(H2,2,3,4);;;;;;(H3,1,2,3,4);2*1H2;;/q;;;3*+1;;;;;/p-3. The second-order valence-corrected chi connectivity index (χ2v) is 1.62. The quantitative estimate of drug-likeness (QED) is 0.325. The van der Waals surface area contributed by atoms with Crippen LogP contribution < -0.4 is 103 Å². The van der Waals surface area contributed by atoms with Gasteiger partial charge in [0.05, 0.1) is 0 Å². The van der Waals surface area contributed by atoms with Gasteiger partial charge in [0, 0.05) is 0 Å². The molecule has 0 rings (SSSR count). The first-order valence-electron chi connectivity index (χ1n) is 1.38. The Bertz CT molecular complexity index is 124. The average molecular weight is 310 g/mol. The summed E-state index contributed by atoms with van der Waals surface area (Å²) in [6.45, 7) is 0. The summed E-state index contributed by atoms with van der Waals surface area (Å²) in [5, 5.41) is 13.9. The van der Waals surface area contributed by atoms with Crippen LogP contribution in [0.4, 0.5) is 4.79 Å². The summed E-state index contributed by atoms with van der Waals surface area (Å²) in [6.07, 6.45) is -1.83. The van der Waals surface area contributed by atoms with E-state index in [0.717, 1.165) is 0 Å². The predicted molar refractivity (Wildman–Crippen MR) is 39.8 cm³/mol. The Kier molecular flexibility index (Phi) is 135. The summed E-state index contributed by atoms with van der Waals surface area (Å²) in [5.41, 5.74) is 0. The van der Waals surface area contributed by atoms with Crippen molar-refractivity contribution < 1.29 is 134 Å². The first kappa shape index (κ1) is 59.2. The number of hydrogen-bond acceptors (Lipinski definition) is 5. The van der Waals surface area contributed by atoms with Gasteiger partial charge in [0.25, 0.3) is 0 Å². The average Bonchev–Trinajstić information content (AvgIpc) is 1.19. The summed E-state index contributed by atoms with van der Waals surface area (Å²) >= 11 is 0. The normalized spacial score (nSPS) is 5.19. The fraction of sp³-hybridized carbons (Fsp3) is 0. The van der Waals surface area contributed by atoms with Crippen LogP contribution in [0.3, 0.4) is 0 Å². The Hall–Kier alpha value is 4.30. The van der Waals surface area contributed by atoms with Gasteiger partial charge in [0.15, 0.2) is 0 Å². The van der Waals surface area contributed by atoms with E-state index in [-0.39, 0.29) is 159 Å². The molecule has 0 bridgehead atoms. The molecule has 0 aromatic carbocycles. The molecular formula is CH8Na5O9P. The molecular weight excluding hydrogens is 302 g/mol. The van der Waals surface area contributed by atoms with E-state index in [1.165, 1.54) is 0 Å². The van der Waals surface area contributed by atoms with E-state index in [0.29, 0.717) is 0 Å². The summed E-state index contributed by atoms with van der Waals surface area (Å²) in [4.78, 5) is 34.2. The number of phosphoric acid groups is 1. The number of carboxylic acid groups (broad SMARTS) is 2. The Morgan fingerprint density at radius 2 is 0.875 bits per heavy atom. The van der Waals surface area contributed by atoms with Crippen molar-refractivity contribution in [1.82, 2.24) is 0 Å². The van der Waals surface area contributed by atoms with Crippen LogP contribution in [0.15, 0.2) is 0 Å². The summed E-state index contributed by atoms with van der Waals surface area (Å²) in [7, 11) is -5.39. The van der Waals surface area contributed by atoms with Crippen LogP contribution >= 0.6 is 7.82 Å². The van der Waals surface area contributed by atoms with Gasteiger partial charge in [-0.05, 0) is 0 Å². The topological polar surface area (TPSA) is 207 Å². The molecule has 15 heteroatoms. The molecule has 0 aromatic heterocycles. The maximum atomic E-state index is 8.56. The summed E-state index contributed by atoms with van der Waals surface area (Å²) in [5.74, 6) is 0. The zero-order valence-electron chi connectivity index (χ0n) is 7.88. The fourth-order valence-electron chi connectivity index (χ4n) is 0. The van der Waals surface area contributed by atoms with Gasteiger partial charge in [-0.1, -0.05) is 0 Å². The molecule has 0 aliphatic rings. The molecule has 0 amide bonds. The SMILES string of the molecule is O.O.O=C(O)O.O=P([O-])([O-])[O-].[Na+].[Na+].[Na+].[NaH].[NaH]. The van der Waals surface area contributed by atoms with Crippen LogP contribution in [-0.2, 0) is 4.57 Å². The van der Waals surface area contributed by atoms with Crippen molar-refractivity contribution in [2.45, 2.75) is 0 Å². The van der Waals surface area contributed by atoms with Gasteiger partial charge >= 0.3 is 154 Å². The Morgan fingerprint density at radius 3 is 0.875 bits per heavy atom. The predicted octanol–water partition coefficient (Wildman–Crippen LogP) is -14.5. The second-order valence-electron chi connectivity index (χ2n) is 0.730. The van der Waals surface area contributed by atoms with Crippen molar-refractivity contribution in [3.63, 3.8) is 0 Å². The van der Waals surface area contributed by atoms with Crippen molar-refractivity contribution in [2.24, 2.45) is 0 Å². The molecule has 0 saturated carbocycles. The third kappa shape index (κ3) is 296. The van der Waals surface area contributed by atoms with Crippen LogP contribution in [0.1, 0.15) is 0 Å². The van der Waals surface area contributed by atoms with Crippen LogP contribution in [0.2, 0.25) is 0 Å². The number of hydrogen-bond donors (Lipinski definition) is 2. The monoisotopic (exact) mass is 310 g/mol. The molecule has 0 spiro atoms. The van der Waals surface area contributed by atoms with Crippen LogP contribution in [0.5, 0.6) is 0 Å². The van der Waals surface area contributed by atoms with Gasteiger partial charge in [-0.2, -0.15) is 7.82 Å². The van der Waals surface area contributed by atoms with Crippen molar-refractivity contribution in [1.29, 1.82) is 0 Å². The molecule has 0 unspecified atom stereocenters. The van der Waals surface area contributed by atoms with Gasteiger partial charge in [-0.3, -0.25) is 0 Å². The molecule has 0 saturated heterocycles. The molecule has 16 heavy (non-hydrogen) atoms. The summed E-state index contributed by atoms with van der Waals surface area (Å²) < 4.78 is 8.55. The van der Waals surface area contributed by atoms with E-state index in [4.69, 9.17) is 34.3 Å². The van der Waals surface area contributed by atoms with E-state index in [9.17, 15) is 0 Å². The summed E-state index contributed by atoms with van der Waals surface area (Å²) in [6, 6.07) is 0. The third-order valence-electron chi connectivity index (χ3n) is 0. The van der Waals surface area contributed by atoms with Gasteiger partial charge < -0.3 is 40.4 Å². The van der Waals surface area contributed by atoms with Gasteiger partial charge in [-0.15, -0.1) is 0 Å². The van der Waals surface area contributed by atoms with Crippen LogP contribution in [0.25, 0.3) is 0 Å². The van der Waals surface area contributed by atoms with Gasteiger partial charge in [0.2, 0.25) is 0 Å². The van der Waals surface area contributed by atoms with E-state index in [1.807, 2.05) is 0 Å². The molecule has 9 nitrogen and oxygen atoms in total. The number of rotatable bonds is 0. The minimum atomic E-state index is -5.39. The molecule has 0 atom stereocenters. The number of carbonyl (C=O) groups is 1. The van der Waals surface area contributed by atoms with Gasteiger partial charge in [0.1, 0.15) is 0 Å². The molecule has 0 heterocycles. The Balaban J connectivity index is -0.00000000614. The molecule has 6 N–H and O–H groups in total. The van der Waals surface area contributed by atoms with Crippen molar-refractivity contribution >= 4 is 73.1 Å². The Morgan fingerprint density at radius 1 is 0.875 bits per heavy atom. The van der Waals surface area contributed by atoms with E-state index in [1.54, 1.807) is 0 Å². The first-order chi connectivity index (χ1) is 3.73. The third-order valence-corrected chi connectivity index (χ3v) is 0. The molecule has 0 aliphatic heterocycles. The van der Waals surface area contributed by atoms with Crippen molar-refractivity contribution in [3.05, 3.63) is 0 Å². The van der Waals surface area contributed by atoms with Crippen molar-refractivity contribution in [3.8, 4) is 0 Å². The van der Waals surface area contributed by atoms with Crippen LogP contribution in [0, 0.1) is 0 Å². The molecule has 0 fully saturated rings. The molecule has 0 aromatic rings. The maximum absolute atomic E-state index is 8.56. The van der Waals surface area contributed by atoms with Gasteiger partial charge in [-0.25, -0.2) is 4.79 Å². The zero-order chi connectivity index (χ0) is 8.08. The van der Waals surface area contributed by atoms with Crippen molar-refractivity contribution in [2.75, 3.05) is 0 Å². The van der Waals surface area contributed by atoms with E-state index >= 15 is 0 Å². The molecule has 76 valence electrons. The molecule has 0 radical (unpaired) electrons. The zero-order valence-corrected chi connectivity index (χ0v) is 14.8. The van der Waals surface area contributed by atoms with E-state index in [2.05, 4.69) is 0 Å². The molecule has 0 aliphatic carbocycles.